The van der Waals surface area contributed by atoms with Crippen molar-refractivity contribution in [2.24, 2.45) is 0 Å². The van der Waals surface area contributed by atoms with Crippen LogP contribution in [-0.2, 0) is 11.2 Å². The zero-order valence-electron chi connectivity index (χ0n) is 14.5. The fraction of sp³-hybridized carbons (Fsp3) is 0.0909. The standard InChI is InChI=1S/C22H17ClN2O2/c23-21-14-19(17-8-4-5-9-18(17)24-21)25-22(26)13-11-16-10-12-20(27-16)15-6-2-1-3-7-15/h1-10,12,14H,11,13H2,(H,24,25,26). The zero-order chi connectivity index (χ0) is 18.6. The number of nitrogens with zero attached hydrogens (tertiary/aromatic N) is 1. The number of fused-ring (bicyclic) bond motifs is 1. The van der Waals surface area contributed by atoms with Crippen LogP contribution in [0.3, 0.4) is 0 Å². The summed E-state index contributed by atoms with van der Waals surface area (Å²) in [5, 5.41) is 4.14. The number of benzene rings is 2. The van der Waals surface area contributed by atoms with Gasteiger partial charge < -0.3 is 9.73 Å². The third-order valence-electron chi connectivity index (χ3n) is 4.28. The summed E-state index contributed by atoms with van der Waals surface area (Å²) in [7, 11) is 0. The molecule has 5 heteroatoms. The lowest BCUT2D eigenvalue weighted by Crippen LogP contribution is -2.12. The van der Waals surface area contributed by atoms with E-state index in [1.54, 1.807) is 6.07 Å². The van der Waals surface area contributed by atoms with Crippen LogP contribution >= 0.6 is 11.6 Å². The molecule has 0 fully saturated rings. The van der Waals surface area contributed by atoms with Crippen molar-refractivity contribution in [3.8, 4) is 11.3 Å². The molecule has 0 saturated carbocycles. The number of hydrogen-bond donors (Lipinski definition) is 1. The van der Waals surface area contributed by atoms with Gasteiger partial charge in [-0.1, -0.05) is 60.1 Å². The maximum absolute atomic E-state index is 12.4. The second kappa shape index (κ2) is 7.64. The summed E-state index contributed by atoms with van der Waals surface area (Å²) in [5.41, 5.74) is 2.44. The molecule has 1 N–H and O–H groups in total. The maximum atomic E-state index is 12.4. The number of aromatic nitrogens is 1. The smallest absolute Gasteiger partial charge is 0.224 e. The van der Waals surface area contributed by atoms with Gasteiger partial charge >= 0.3 is 0 Å². The lowest BCUT2D eigenvalue weighted by Gasteiger charge is -2.08. The van der Waals surface area contributed by atoms with E-state index in [0.717, 1.165) is 28.0 Å². The van der Waals surface area contributed by atoms with Crippen molar-refractivity contribution < 1.29 is 9.21 Å². The van der Waals surface area contributed by atoms with Gasteiger partial charge in [-0.3, -0.25) is 4.79 Å². The summed E-state index contributed by atoms with van der Waals surface area (Å²) >= 11 is 6.06. The summed E-state index contributed by atoms with van der Waals surface area (Å²) in [6.45, 7) is 0. The SMILES string of the molecule is O=C(CCc1ccc(-c2ccccc2)o1)Nc1cc(Cl)nc2ccccc12. The maximum Gasteiger partial charge on any atom is 0.224 e. The minimum atomic E-state index is -0.0971. The molecule has 4 rings (SSSR count). The molecule has 0 bridgehead atoms. The third-order valence-corrected chi connectivity index (χ3v) is 4.47. The first-order valence-corrected chi connectivity index (χ1v) is 9.06. The number of anilines is 1. The molecule has 134 valence electrons. The molecule has 0 atom stereocenters. The molecular formula is C22H17ClN2O2. The van der Waals surface area contributed by atoms with E-state index in [0.29, 0.717) is 23.7 Å². The molecule has 1 amide bonds. The predicted molar refractivity (Wildman–Crippen MR) is 108 cm³/mol. The average Bonchev–Trinajstić information content (AvgIpc) is 3.16. The molecule has 0 radical (unpaired) electrons. The number of furan rings is 1. The minimum Gasteiger partial charge on any atom is -0.461 e. The van der Waals surface area contributed by atoms with E-state index in [-0.39, 0.29) is 5.91 Å². The Balaban J connectivity index is 1.43. The highest BCUT2D eigenvalue weighted by Gasteiger charge is 2.10. The van der Waals surface area contributed by atoms with Crippen LogP contribution in [-0.4, -0.2) is 10.9 Å². The Labute approximate surface area is 161 Å². The Morgan fingerprint density at radius 2 is 1.78 bits per heavy atom. The molecule has 2 aromatic heterocycles. The quantitative estimate of drug-likeness (QED) is 0.453. The number of aryl methyl sites for hydroxylation is 1. The molecule has 2 aromatic carbocycles. The minimum absolute atomic E-state index is 0.0971. The Bertz CT molecular complexity index is 1090. The summed E-state index contributed by atoms with van der Waals surface area (Å²) < 4.78 is 5.85. The molecule has 27 heavy (non-hydrogen) atoms. The van der Waals surface area contributed by atoms with E-state index in [4.69, 9.17) is 16.0 Å². The molecule has 0 aliphatic heterocycles. The van der Waals surface area contributed by atoms with Gasteiger partial charge in [0.25, 0.3) is 0 Å². The fourth-order valence-corrected chi connectivity index (χ4v) is 3.17. The van der Waals surface area contributed by atoms with Gasteiger partial charge in [-0.2, -0.15) is 0 Å². The van der Waals surface area contributed by atoms with E-state index >= 15 is 0 Å². The van der Waals surface area contributed by atoms with Gasteiger partial charge in [0, 0.05) is 23.8 Å². The second-order valence-electron chi connectivity index (χ2n) is 6.19. The van der Waals surface area contributed by atoms with Crippen molar-refractivity contribution in [3.63, 3.8) is 0 Å². The topological polar surface area (TPSA) is 55.1 Å². The van der Waals surface area contributed by atoms with Crippen molar-refractivity contribution in [3.05, 3.63) is 83.7 Å². The van der Waals surface area contributed by atoms with Crippen LogP contribution in [0.2, 0.25) is 5.15 Å². The van der Waals surface area contributed by atoms with Crippen LogP contribution in [0.25, 0.3) is 22.2 Å². The molecule has 0 aliphatic rings. The second-order valence-corrected chi connectivity index (χ2v) is 6.58. The molecule has 0 spiro atoms. The Kier molecular flexibility index (Phi) is 4.90. The Morgan fingerprint density at radius 3 is 2.63 bits per heavy atom. The average molecular weight is 377 g/mol. The van der Waals surface area contributed by atoms with Gasteiger partial charge in [0.2, 0.25) is 5.91 Å². The lowest BCUT2D eigenvalue weighted by atomic mass is 10.1. The van der Waals surface area contributed by atoms with Gasteiger partial charge in [0.15, 0.2) is 0 Å². The van der Waals surface area contributed by atoms with E-state index in [9.17, 15) is 4.79 Å². The number of carbonyl (C=O) groups excluding carboxylic acids is 1. The molecule has 4 aromatic rings. The van der Waals surface area contributed by atoms with Gasteiger partial charge in [-0.15, -0.1) is 0 Å². The van der Waals surface area contributed by atoms with E-state index in [2.05, 4.69) is 10.3 Å². The highest BCUT2D eigenvalue weighted by molar-refractivity contribution is 6.30. The fourth-order valence-electron chi connectivity index (χ4n) is 2.97. The number of amides is 1. The molecule has 0 unspecified atom stereocenters. The van der Waals surface area contributed by atoms with Crippen LogP contribution in [0, 0.1) is 0 Å². The highest BCUT2D eigenvalue weighted by atomic mass is 35.5. The molecule has 0 aliphatic carbocycles. The van der Waals surface area contributed by atoms with Crippen molar-refractivity contribution in [2.75, 3.05) is 5.32 Å². The monoisotopic (exact) mass is 376 g/mol. The van der Waals surface area contributed by atoms with Crippen LogP contribution in [0.15, 0.2) is 77.2 Å². The van der Waals surface area contributed by atoms with Crippen molar-refractivity contribution >= 4 is 34.1 Å². The summed E-state index contributed by atoms with van der Waals surface area (Å²) in [6, 6.07) is 23.0. The number of nitrogens with one attached hydrogen (secondary N) is 1. The first kappa shape index (κ1) is 17.3. The number of halogens is 1. The van der Waals surface area contributed by atoms with Crippen molar-refractivity contribution in [1.82, 2.24) is 4.98 Å². The van der Waals surface area contributed by atoms with Gasteiger partial charge in [-0.05, 0) is 24.3 Å². The van der Waals surface area contributed by atoms with Crippen molar-refractivity contribution in [2.45, 2.75) is 12.8 Å². The van der Waals surface area contributed by atoms with Gasteiger partial charge in [0.05, 0.1) is 11.2 Å². The number of hydrogen-bond acceptors (Lipinski definition) is 3. The van der Waals surface area contributed by atoms with Crippen molar-refractivity contribution in [1.29, 1.82) is 0 Å². The van der Waals surface area contributed by atoms with E-state index in [1.807, 2.05) is 66.7 Å². The summed E-state index contributed by atoms with van der Waals surface area (Å²) in [4.78, 5) is 16.7. The predicted octanol–water partition coefficient (Wildman–Crippen LogP) is 5.72. The third kappa shape index (κ3) is 4.01. The molecular weight excluding hydrogens is 360 g/mol. The van der Waals surface area contributed by atoms with E-state index in [1.165, 1.54) is 0 Å². The molecule has 4 nitrogen and oxygen atoms in total. The number of para-hydroxylation sites is 1. The normalized spacial score (nSPS) is 10.9. The zero-order valence-corrected chi connectivity index (χ0v) is 15.2. The highest BCUT2D eigenvalue weighted by Crippen LogP contribution is 2.26. The van der Waals surface area contributed by atoms with Crippen LogP contribution in [0.4, 0.5) is 5.69 Å². The number of carbonyl (C=O) groups is 1. The van der Waals surface area contributed by atoms with Gasteiger partial charge in [-0.25, -0.2) is 4.98 Å². The first-order chi connectivity index (χ1) is 13.2. The van der Waals surface area contributed by atoms with Crippen LogP contribution in [0.1, 0.15) is 12.2 Å². The van der Waals surface area contributed by atoms with Crippen LogP contribution < -0.4 is 5.32 Å². The summed E-state index contributed by atoms with van der Waals surface area (Å²) in [6.07, 6.45) is 0.839. The lowest BCUT2D eigenvalue weighted by molar-refractivity contribution is -0.116. The molecule has 2 heterocycles. The Morgan fingerprint density at radius 1 is 1.00 bits per heavy atom. The largest absolute Gasteiger partial charge is 0.461 e. The van der Waals surface area contributed by atoms with E-state index < -0.39 is 0 Å². The first-order valence-electron chi connectivity index (χ1n) is 8.68. The molecule has 0 saturated heterocycles. The summed E-state index contributed by atoms with van der Waals surface area (Å²) in [5.74, 6) is 1.49. The van der Waals surface area contributed by atoms with Gasteiger partial charge in [0.1, 0.15) is 16.7 Å². The Hall–Kier alpha value is -3.11. The van der Waals surface area contributed by atoms with Crippen LogP contribution in [0.5, 0.6) is 0 Å². The number of pyridine rings is 1. The number of rotatable bonds is 5.